The van der Waals surface area contributed by atoms with Crippen molar-refractivity contribution in [2.75, 3.05) is 27.7 Å². The Bertz CT molecular complexity index is 376. The molecule has 1 aromatic rings. The molecule has 0 heterocycles. The van der Waals surface area contributed by atoms with Gasteiger partial charge in [0.15, 0.2) is 0 Å². The van der Waals surface area contributed by atoms with E-state index in [9.17, 15) is 0 Å². The summed E-state index contributed by atoms with van der Waals surface area (Å²) in [5, 5.41) is 0. The fraction of sp³-hybridized carbons (Fsp3) is 0.412. The third kappa shape index (κ3) is 8.63. The van der Waals surface area contributed by atoms with E-state index in [2.05, 4.69) is 70.2 Å². The lowest BCUT2D eigenvalue weighted by molar-refractivity contribution is -0.873. The largest absolute Gasteiger partial charge is 1.00 e. The van der Waals surface area contributed by atoms with E-state index in [1.807, 2.05) is 6.08 Å². The topological polar surface area (TPSA) is 0 Å². The minimum Gasteiger partial charge on any atom is -1.00 e. The van der Waals surface area contributed by atoms with E-state index < -0.39 is 0 Å². The normalized spacial score (nSPS) is 13.0. The van der Waals surface area contributed by atoms with Gasteiger partial charge in [-0.3, -0.25) is 0 Å². The second kappa shape index (κ2) is 8.95. The summed E-state index contributed by atoms with van der Waals surface area (Å²) in [5.41, 5.74) is 1.28. The molecule has 106 valence electrons. The number of rotatable bonds is 7. The van der Waals surface area contributed by atoms with Gasteiger partial charge in [0.1, 0.15) is 0 Å². The Kier molecular flexibility index (Phi) is 8.46. The monoisotopic (exact) mass is 279 g/mol. The molecule has 0 aliphatic heterocycles. The van der Waals surface area contributed by atoms with E-state index in [4.69, 9.17) is 0 Å². The first kappa shape index (κ1) is 17.9. The zero-order valence-electron chi connectivity index (χ0n) is 12.3. The predicted molar refractivity (Wildman–Crippen MR) is 81.3 cm³/mol. The van der Waals surface area contributed by atoms with Gasteiger partial charge in [0.25, 0.3) is 0 Å². The van der Waals surface area contributed by atoms with E-state index in [1.165, 1.54) is 12.1 Å². The van der Waals surface area contributed by atoms with E-state index in [0.29, 0.717) is 5.92 Å². The molecule has 0 fully saturated rings. The number of benzene rings is 1. The molecule has 0 saturated heterocycles. The van der Waals surface area contributed by atoms with Gasteiger partial charge in [0.05, 0.1) is 27.7 Å². The predicted octanol–water partition coefficient (Wildman–Crippen LogP) is 0.992. The van der Waals surface area contributed by atoms with Crippen LogP contribution >= 0.6 is 0 Å². The summed E-state index contributed by atoms with van der Waals surface area (Å²) in [6.07, 6.45) is 8.76. The Balaban J connectivity index is 0.00000324. The van der Waals surface area contributed by atoms with Crippen molar-refractivity contribution >= 4 is 6.08 Å². The summed E-state index contributed by atoms with van der Waals surface area (Å²) in [7, 11) is 6.74. The Morgan fingerprint density at radius 2 is 1.74 bits per heavy atom. The molecular formula is C17H26ClN. The number of hydrogen-bond donors (Lipinski definition) is 0. The zero-order chi connectivity index (χ0) is 13.4. The van der Waals surface area contributed by atoms with Crippen LogP contribution < -0.4 is 12.4 Å². The zero-order valence-corrected chi connectivity index (χ0v) is 13.1. The van der Waals surface area contributed by atoms with Crippen molar-refractivity contribution in [1.82, 2.24) is 0 Å². The van der Waals surface area contributed by atoms with Crippen LogP contribution in [-0.4, -0.2) is 32.2 Å². The molecule has 0 saturated carbocycles. The lowest BCUT2D eigenvalue weighted by Crippen LogP contribution is -3.00. The highest BCUT2D eigenvalue weighted by molar-refractivity contribution is 5.48. The Hall–Kier alpha value is -1.05. The van der Waals surface area contributed by atoms with Gasteiger partial charge in [-0.25, -0.2) is 0 Å². The average molecular weight is 280 g/mol. The third-order valence-corrected chi connectivity index (χ3v) is 2.89. The average Bonchev–Trinajstić information content (AvgIpc) is 2.28. The highest BCUT2D eigenvalue weighted by Crippen LogP contribution is 2.15. The minimum absolute atomic E-state index is 0. The quantitative estimate of drug-likeness (QED) is 0.516. The van der Waals surface area contributed by atoms with Crippen LogP contribution in [0, 0.1) is 5.92 Å². The highest BCUT2D eigenvalue weighted by Gasteiger charge is 2.15. The van der Waals surface area contributed by atoms with Gasteiger partial charge in [-0.1, -0.05) is 48.6 Å². The molecule has 0 aliphatic carbocycles. The molecule has 1 nitrogen and oxygen atoms in total. The van der Waals surface area contributed by atoms with Crippen molar-refractivity contribution in [3.8, 4) is 0 Å². The van der Waals surface area contributed by atoms with Crippen molar-refractivity contribution in [1.29, 1.82) is 0 Å². The van der Waals surface area contributed by atoms with Crippen LogP contribution in [0.25, 0.3) is 6.08 Å². The molecule has 1 aromatic carbocycles. The van der Waals surface area contributed by atoms with Gasteiger partial charge in [-0.15, -0.1) is 6.58 Å². The summed E-state index contributed by atoms with van der Waals surface area (Å²) < 4.78 is 1.01. The second-order valence-corrected chi connectivity index (χ2v) is 5.91. The Morgan fingerprint density at radius 3 is 2.26 bits per heavy atom. The molecule has 0 aliphatic rings. The summed E-state index contributed by atoms with van der Waals surface area (Å²) in [6, 6.07) is 10.5. The van der Waals surface area contributed by atoms with Gasteiger partial charge in [-0.2, -0.15) is 0 Å². The first-order valence-corrected chi connectivity index (χ1v) is 6.64. The van der Waals surface area contributed by atoms with Crippen molar-refractivity contribution in [3.63, 3.8) is 0 Å². The standard InChI is InChI=1S/C17H26N.ClH/c1-5-10-17(15-18(2,3)4)14-9-13-16-11-7-6-8-12-16;/h5-9,11-13,17H,1,10,14-15H2,2-4H3;1H/q+1;/p-1/b13-9+;. The smallest absolute Gasteiger partial charge is 0.0815 e. The van der Waals surface area contributed by atoms with E-state index >= 15 is 0 Å². The van der Waals surface area contributed by atoms with Gasteiger partial charge in [0.2, 0.25) is 0 Å². The molecule has 1 rings (SSSR count). The maximum Gasteiger partial charge on any atom is 0.0815 e. The summed E-state index contributed by atoms with van der Waals surface area (Å²) in [5.74, 6) is 0.683. The summed E-state index contributed by atoms with van der Waals surface area (Å²) in [6.45, 7) is 5.05. The molecular weight excluding hydrogens is 254 g/mol. The van der Waals surface area contributed by atoms with Crippen LogP contribution in [0.4, 0.5) is 0 Å². The van der Waals surface area contributed by atoms with Crippen LogP contribution in [-0.2, 0) is 0 Å². The van der Waals surface area contributed by atoms with Crippen LogP contribution in [0.5, 0.6) is 0 Å². The fourth-order valence-corrected chi connectivity index (χ4v) is 2.22. The molecule has 0 spiro atoms. The van der Waals surface area contributed by atoms with Gasteiger partial charge in [0, 0.05) is 5.92 Å². The number of allylic oxidation sites excluding steroid dienone is 2. The van der Waals surface area contributed by atoms with E-state index in [-0.39, 0.29) is 12.4 Å². The van der Waals surface area contributed by atoms with Crippen molar-refractivity contribution in [2.24, 2.45) is 5.92 Å². The van der Waals surface area contributed by atoms with Crippen molar-refractivity contribution in [2.45, 2.75) is 12.8 Å². The minimum atomic E-state index is 0. The van der Waals surface area contributed by atoms with E-state index in [1.54, 1.807) is 0 Å². The molecule has 0 radical (unpaired) electrons. The highest BCUT2D eigenvalue weighted by atomic mass is 35.5. The first-order chi connectivity index (χ1) is 8.51. The fourth-order valence-electron chi connectivity index (χ4n) is 2.22. The lowest BCUT2D eigenvalue weighted by Gasteiger charge is -2.28. The SMILES string of the molecule is C=CCC(C/C=C/c1ccccc1)C[N+](C)(C)C.[Cl-]. The number of hydrogen-bond acceptors (Lipinski definition) is 0. The van der Waals surface area contributed by atoms with Crippen molar-refractivity contribution < 1.29 is 16.9 Å². The van der Waals surface area contributed by atoms with Gasteiger partial charge < -0.3 is 16.9 Å². The molecule has 0 amide bonds. The molecule has 2 heteroatoms. The number of quaternary nitrogens is 1. The summed E-state index contributed by atoms with van der Waals surface area (Å²) in [4.78, 5) is 0. The van der Waals surface area contributed by atoms with Crippen LogP contribution in [0.2, 0.25) is 0 Å². The lowest BCUT2D eigenvalue weighted by atomic mass is 9.99. The summed E-state index contributed by atoms with van der Waals surface area (Å²) >= 11 is 0. The maximum atomic E-state index is 3.87. The van der Waals surface area contributed by atoms with Gasteiger partial charge in [-0.05, 0) is 18.4 Å². The van der Waals surface area contributed by atoms with Crippen LogP contribution in [0.15, 0.2) is 49.1 Å². The Morgan fingerprint density at radius 1 is 1.11 bits per heavy atom. The van der Waals surface area contributed by atoms with Crippen LogP contribution in [0.1, 0.15) is 18.4 Å². The molecule has 0 N–H and O–H groups in total. The Labute approximate surface area is 124 Å². The maximum absolute atomic E-state index is 3.87. The van der Waals surface area contributed by atoms with E-state index in [0.717, 1.165) is 17.3 Å². The van der Waals surface area contributed by atoms with Crippen molar-refractivity contribution in [3.05, 3.63) is 54.6 Å². The molecule has 0 bridgehead atoms. The molecule has 0 aromatic heterocycles. The molecule has 1 unspecified atom stereocenters. The van der Waals surface area contributed by atoms with Gasteiger partial charge >= 0.3 is 0 Å². The molecule has 19 heavy (non-hydrogen) atoms. The van der Waals surface area contributed by atoms with Crippen LogP contribution in [0.3, 0.4) is 0 Å². The first-order valence-electron chi connectivity index (χ1n) is 6.64. The second-order valence-electron chi connectivity index (χ2n) is 5.91. The molecule has 1 atom stereocenters. The number of halogens is 1. The third-order valence-electron chi connectivity index (χ3n) is 2.89. The number of nitrogens with zero attached hydrogens (tertiary/aromatic N) is 1.